The highest BCUT2D eigenvalue weighted by Crippen LogP contribution is 2.36. The minimum absolute atomic E-state index is 0.00756. The number of aryl methyl sites for hydroxylation is 1. The standard InChI is InChI=1S/C40H42N4O4/c1-7-26-15-31-19-41-35-16-32(8-9-33(35)38(45)44(31)21-26)47-22-27-12-28(14-29(13-27)40(4,5)6)23-48-37-17-36-34(11-25(37)3)39(46)43-20-24(2)10-30(43)18-42-36/h7-9,11-14,16-19,30-31H,2,10,15,20-23H2,1,3-6H3/b26-7+/t30-,31-/m0/s1. The maximum Gasteiger partial charge on any atom is 0.256 e. The molecule has 0 unspecified atom stereocenters. The molecule has 3 aromatic rings. The molecule has 0 radical (unpaired) electrons. The predicted octanol–water partition coefficient (Wildman–Crippen LogP) is 7.81. The molecule has 0 aliphatic carbocycles. The number of ether oxygens (including phenoxy) is 2. The maximum absolute atomic E-state index is 13.3. The van der Waals surface area contributed by atoms with Crippen LogP contribution in [0, 0.1) is 6.92 Å². The molecule has 2 saturated heterocycles. The van der Waals surface area contributed by atoms with E-state index in [9.17, 15) is 9.59 Å². The Morgan fingerprint density at radius 3 is 2.19 bits per heavy atom. The van der Waals surface area contributed by atoms with Crippen molar-refractivity contribution in [3.8, 4) is 11.5 Å². The summed E-state index contributed by atoms with van der Waals surface area (Å²) in [4.78, 5) is 39.8. The van der Waals surface area contributed by atoms with Crippen molar-refractivity contribution >= 4 is 35.6 Å². The normalized spacial score (nSPS) is 20.8. The molecule has 48 heavy (non-hydrogen) atoms. The SMILES string of the molecule is C=C1C[C@H]2C=Nc3cc(OCc4cc(COc5ccc6c(c5)N=C[C@@H]5C/C(=C\C)CN5C6=O)cc(C(C)(C)C)c4)c(C)cc3C(=O)N2C1. The lowest BCUT2D eigenvalue weighted by molar-refractivity contribution is 0.0770. The van der Waals surface area contributed by atoms with Crippen molar-refractivity contribution in [3.63, 3.8) is 0 Å². The third kappa shape index (κ3) is 6.07. The first-order valence-corrected chi connectivity index (χ1v) is 16.7. The molecule has 4 heterocycles. The first kappa shape index (κ1) is 31.6. The lowest BCUT2D eigenvalue weighted by Gasteiger charge is -2.22. The van der Waals surface area contributed by atoms with E-state index in [1.165, 1.54) is 11.1 Å². The molecule has 0 spiro atoms. The molecular formula is C40H42N4O4. The van der Waals surface area contributed by atoms with Gasteiger partial charge in [-0.25, -0.2) is 0 Å². The van der Waals surface area contributed by atoms with E-state index in [0.717, 1.165) is 35.1 Å². The lowest BCUT2D eigenvalue weighted by Crippen LogP contribution is -2.35. The fourth-order valence-corrected chi connectivity index (χ4v) is 6.86. The molecule has 2 fully saturated rings. The summed E-state index contributed by atoms with van der Waals surface area (Å²) in [7, 11) is 0. The van der Waals surface area contributed by atoms with Crippen LogP contribution in [0.25, 0.3) is 0 Å². The van der Waals surface area contributed by atoms with E-state index >= 15 is 0 Å². The van der Waals surface area contributed by atoms with E-state index in [-0.39, 0.29) is 29.3 Å². The molecule has 4 aliphatic heterocycles. The molecule has 0 saturated carbocycles. The van der Waals surface area contributed by atoms with Gasteiger partial charge < -0.3 is 19.3 Å². The Morgan fingerprint density at radius 2 is 1.48 bits per heavy atom. The van der Waals surface area contributed by atoms with Crippen molar-refractivity contribution < 1.29 is 19.1 Å². The quantitative estimate of drug-likeness (QED) is 0.257. The van der Waals surface area contributed by atoms with Gasteiger partial charge in [0.2, 0.25) is 0 Å². The number of hydrogen-bond acceptors (Lipinski definition) is 6. The van der Waals surface area contributed by atoms with E-state index in [2.05, 4.69) is 56.6 Å². The van der Waals surface area contributed by atoms with E-state index in [1.54, 1.807) is 0 Å². The zero-order valence-electron chi connectivity index (χ0n) is 28.4. The zero-order valence-corrected chi connectivity index (χ0v) is 28.4. The van der Waals surface area contributed by atoms with Crippen molar-refractivity contribution in [2.45, 2.75) is 78.2 Å². The molecule has 0 N–H and O–H groups in total. The first-order valence-electron chi connectivity index (χ1n) is 16.7. The summed E-state index contributed by atoms with van der Waals surface area (Å²) < 4.78 is 12.7. The van der Waals surface area contributed by atoms with Crippen molar-refractivity contribution in [1.29, 1.82) is 0 Å². The fraction of sp³-hybridized carbons (Fsp3) is 0.350. The van der Waals surface area contributed by atoms with Crippen LogP contribution in [-0.4, -0.2) is 59.2 Å². The molecule has 2 atom stereocenters. The number of carbonyl (C=O) groups excluding carboxylic acids is 2. The van der Waals surface area contributed by atoms with Gasteiger partial charge in [0.1, 0.15) is 24.7 Å². The second-order valence-electron chi connectivity index (χ2n) is 14.3. The maximum atomic E-state index is 13.3. The van der Waals surface area contributed by atoms with Gasteiger partial charge in [0.25, 0.3) is 11.8 Å². The smallest absolute Gasteiger partial charge is 0.256 e. The van der Waals surface area contributed by atoms with Crippen LogP contribution in [0.1, 0.15) is 83.5 Å². The van der Waals surface area contributed by atoms with Gasteiger partial charge in [-0.3, -0.25) is 19.6 Å². The number of aliphatic imine (C=N–C) groups is 2. The molecule has 4 aliphatic rings. The first-order chi connectivity index (χ1) is 23.0. The molecule has 3 aromatic carbocycles. The lowest BCUT2D eigenvalue weighted by atomic mass is 9.85. The van der Waals surface area contributed by atoms with Crippen molar-refractivity contribution in [3.05, 3.63) is 106 Å². The average molecular weight is 643 g/mol. The number of allylic oxidation sites excluding steroid dienone is 1. The third-order valence-electron chi connectivity index (χ3n) is 9.68. The number of rotatable bonds is 6. The minimum atomic E-state index is -0.0854. The zero-order chi connectivity index (χ0) is 33.7. The topological polar surface area (TPSA) is 83.8 Å². The number of benzene rings is 3. The summed E-state index contributed by atoms with van der Waals surface area (Å²) in [5.74, 6) is 1.36. The van der Waals surface area contributed by atoms with Crippen LogP contribution in [0.2, 0.25) is 0 Å². The third-order valence-corrected chi connectivity index (χ3v) is 9.68. The van der Waals surface area contributed by atoms with Crippen LogP contribution >= 0.6 is 0 Å². The Balaban J connectivity index is 1.08. The van der Waals surface area contributed by atoms with Gasteiger partial charge in [0.05, 0.1) is 34.6 Å². The van der Waals surface area contributed by atoms with Gasteiger partial charge in [-0.15, -0.1) is 0 Å². The van der Waals surface area contributed by atoms with Gasteiger partial charge in [0.15, 0.2) is 0 Å². The summed E-state index contributed by atoms with van der Waals surface area (Å²) in [6.45, 7) is 16.5. The van der Waals surface area contributed by atoms with Gasteiger partial charge in [-0.2, -0.15) is 0 Å². The molecule has 246 valence electrons. The van der Waals surface area contributed by atoms with Gasteiger partial charge in [-0.05, 0) is 78.6 Å². The van der Waals surface area contributed by atoms with Crippen molar-refractivity contribution in [2.24, 2.45) is 9.98 Å². The molecule has 7 rings (SSSR count). The second kappa shape index (κ2) is 12.2. The summed E-state index contributed by atoms with van der Waals surface area (Å²) in [6, 6.07) is 15.7. The number of fused-ring (bicyclic) bond motifs is 4. The summed E-state index contributed by atoms with van der Waals surface area (Å²) in [5, 5.41) is 0. The van der Waals surface area contributed by atoms with Crippen LogP contribution in [0.4, 0.5) is 11.4 Å². The number of amides is 2. The van der Waals surface area contributed by atoms with Crippen LogP contribution in [0.15, 0.2) is 82.3 Å². The molecule has 8 nitrogen and oxygen atoms in total. The Morgan fingerprint density at radius 1 is 0.833 bits per heavy atom. The van der Waals surface area contributed by atoms with Crippen LogP contribution < -0.4 is 9.47 Å². The van der Waals surface area contributed by atoms with E-state index in [1.807, 2.05) is 66.4 Å². The fourth-order valence-electron chi connectivity index (χ4n) is 6.86. The Labute approximate surface area is 282 Å². The summed E-state index contributed by atoms with van der Waals surface area (Å²) in [6.07, 6.45) is 7.42. The summed E-state index contributed by atoms with van der Waals surface area (Å²) >= 11 is 0. The number of nitrogens with zero attached hydrogens (tertiary/aromatic N) is 4. The molecular weight excluding hydrogens is 600 g/mol. The molecule has 2 amide bonds. The van der Waals surface area contributed by atoms with Crippen LogP contribution in [0.3, 0.4) is 0 Å². The van der Waals surface area contributed by atoms with Crippen LogP contribution in [-0.2, 0) is 18.6 Å². The highest BCUT2D eigenvalue weighted by atomic mass is 16.5. The van der Waals surface area contributed by atoms with E-state index in [0.29, 0.717) is 60.3 Å². The van der Waals surface area contributed by atoms with E-state index in [4.69, 9.17) is 14.5 Å². The Hall–Kier alpha value is -4.98. The average Bonchev–Trinajstić information content (AvgIpc) is 3.60. The predicted molar refractivity (Wildman–Crippen MR) is 190 cm³/mol. The Kier molecular flexibility index (Phi) is 8.06. The molecule has 0 bridgehead atoms. The van der Waals surface area contributed by atoms with E-state index < -0.39 is 0 Å². The molecule has 8 heteroatoms. The number of carbonyl (C=O) groups is 2. The van der Waals surface area contributed by atoms with Gasteiger partial charge in [0, 0.05) is 37.7 Å². The highest BCUT2D eigenvalue weighted by molar-refractivity contribution is 6.04. The monoisotopic (exact) mass is 642 g/mol. The number of hydrogen-bond donors (Lipinski definition) is 0. The second-order valence-corrected chi connectivity index (χ2v) is 14.3. The molecule has 0 aromatic heterocycles. The van der Waals surface area contributed by atoms with Gasteiger partial charge in [-0.1, -0.05) is 56.7 Å². The largest absolute Gasteiger partial charge is 0.489 e. The van der Waals surface area contributed by atoms with Crippen molar-refractivity contribution in [1.82, 2.24) is 9.80 Å². The van der Waals surface area contributed by atoms with Gasteiger partial charge >= 0.3 is 0 Å². The Bertz CT molecular complexity index is 1930. The minimum Gasteiger partial charge on any atom is -0.489 e. The summed E-state index contributed by atoms with van der Waals surface area (Å²) in [5.41, 5.74) is 8.79. The highest BCUT2D eigenvalue weighted by Gasteiger charge is 2.35. The van der Waals surface area contributed by atoms with Crippen LogP contribution in [0.5, 0.6) is 11.5 Å². The van der Waals surface area contributed by atoms with Crippen molar-refractivity contribution in [2.75, 3.05) is 13.1 Å².